The van der Waals surface area contributed by atoms with E-state index in [4.69, 9.17) is 9.94 Å². The Morgan fingerprint density at radius 1 is 1.70 bits per heavy atom. The number of allylic oxidation sites excluding steroid dienone is 4. The summed E-state index contributed by atoms with van der Waals surface area (Å²) < 4.78 is 13.1. The fourth-order valence-corrected chi connectivity index (χ4v) is 2.07. The summed E-state index contributed by atoms with van der Waals surface area (Å²) in [4.78, 5) is 9.86. The standard InChI is InChI=1S/C14H20FN3O2/c1-3-11(15)4-5-12-8-10(9-16-12)14-17-13(6-7-19)20-18(14)2/h4-5,9,14,16,19H,3,6-8H2,1-2H3/b11-4+,12-5+. The van der Waals surface area contributed by atoms with Crippen molar-refractivity contribution in [3.05, 3.63) is 35.4 Å². The Labute approximate surface area is 118 Å². The van der Waals surface area contributed by atoms with Crippen molar-refractivity contribution < 1.29 is 14.3 Å². The van der Waals surface area contributed by atoms with Crippen LogP contribution in [0.1, 0.15) is 26.2 Å². The van der Waals surface area contributed by atoms with E-state index < -0.39 is 0 Å². The Morgan fingerprint density at radius 2 is 2.50 bits per heavy atom. The largest absolute Gasteiger partial charge is 0.396 e. The van der Waals surface area contributed by atoms with Crippen molar-refractivity contribution in [1.82, 2.24) is 10.4 Å². The van der Waals surface area contributed by atoms with Crippen molar-refractivity contribution in [2.45, 2.75) is 32.4 Å². The molecule has 6 heteroatoms. The number of nitrogens with one attached hydrogen (secondary N) is 1. The summed E-state index contributed by atoms with van der Waals surface area (Å²) in [5.41, 5.74) is 1.99. The fourth-order valence-electron chi connectivity index (χ4n) is 2.07. The number of aliphatic hydroxyl groups excluding tert-OH is 1. The second-order valence-corrected chi connectivity index (χ2v) is 4.71. The molecule has 2 rings (SSSR count). The number of hydroxylamine groups is 2. The third kappa shape index (κ3) is 3.46. The first-order chi connectivity index (χ1) is 9.63. The van der Waals surface area contributed by atoms with Crippen LogP contribution in [0.15, 0.2) is 40.4 Å². The summed E-state index contributed by atoms with van der Waals surface area (Å²) in [5, 5.41) is 13.7. The van der Waals surface area contributed by atoms with Crippen molar-refractivity contribution in [3.8, 4) is 0 Å². The number of hydrogen-bond acceptors (Lipinski definition) is 5. The van der Waals surface area contributed by atoms with Crippen LogP contribution in [-0.4, -0.2) is 35.9 Å². The average Bonchev–Trinajstić information content (AvgIpc) is 3.03. The minimum absolute atomic E-state index is 0.0168. The van der Waals surface area contributed by atoms with Gasteiger partial charge in [-0.2, -0.15) is 0 Å². The molecule has 0 saturated carbocycles. The SMILES string of the molecule is CC/C(F)=C\C=C1/CC(C2N=C(CCO)ON2C)=CN1. The van der Waals surface area contributed by atoms with Crippen LogP contribution >= 0.6 is 0 Å². The van der Waals surface area contributed by atoms with Gasteiger partial charge in [-0.3, -0.25) is 0 Å². The highest BCUT2D eigenvalue weighted by Crippen LogP contribution is 2.26. The quantitative estimate of drug-likeness (QED) is 0.809. The molecule has 1 unspecified atom stereocenters. The van der Waals surface area contributed by atoms with Gasteiger partial charge in [-0.05, 0) is 24.1 Å². The summed E-state index contributed by atoms with van der Waals surface area (Å²) in [7, 11) is 1.80. The number of aliphatic imine (C=N–C) groups is 1. The molecule has 110 valence electrons. The van der Waals surface area contributed by atoms with E-state index >= 15 is 0 Å². The van der Waals surface area contributed by atoms with Crippen molar-refractivity contribution in [3.63, 3.8) is 0 Å². The van der Waals surface area contributed by atoms with E-state index in [0.29, 0.717) is 25.2 Å². The minimum Gasteiger partial charge on any atom is -0.396 e. The molecule has 2 aliphatic heterocycles. The summed E-state index contributed by atoms with van der Waals surface area (Å²) >= 11 is 0. The Bertz CT molecular complexity index is 483. The highest BCUT2D eigenvalue weighted by Gasteiger charge is 2.30. The zero-order valence-corrected chi connectivity index (χ0v) is 11.8. The van der Waals surface area contributed by atoms with E-state index in [0.717, 1.165) is 11.3 Å². The molecular formula is C14H20FN3O2. The number of likely N-dealkylation sites (N-methyl/N-ethyl adjacent to an activating group) is 1. The molecule has 0 saturated heterocycles. The lowest BCUT2D eigenvalue weighted by atomic mass is 10.1. The molecule has 2 heterocycles. The number of nitrogens with zero attached hydrogens (tertiary/aromatic N) is 2. The maximum Gasteiger partial charge on any atom is 0.214 e. The molecule has 0 aromatic rings. The third-order valence-electron chi connectivity index (χ3n) is 3.16. The topological polar surface area (TPSA) is 57.1 Å². The van der Waals surface area contributed by atoms with Crippen LogP contribution in [0.2, 0.25) is 0 Å². The summed E-state index contributed by atoms with van der Waals surface area (Å²) in [5.74, 6) is 0.396. The van der Waals surface area contributed by atoms with Crippen LogP contribution in [0.25, 0.3) is 0 Å². The van der Waals surface area contributed by atoms with E-state index in [1.165, 1.54) is 6.08 Å². The van der Waals surface area contributed by atoms with Crippen molar-refractivity contribution >= 4 is 5.90 Å². The van der Waals surface area contributed by atoms with Gasteiger partial charge in [0.05, 0.1) is 12.4 Å². The molecular weight excluding hydrogens is 261 g/mol. The predicted octanol–water partition coefficient (Wildman–Crippen LogP) is 1.99. The zero-order valence-electron chi connectivity index (χ0n) is 11.8. The predicted molar refractivity (Wildman–Crippen MR) is 75.2 cm³/mol. The number of rotatable bonds is 5. The molecule has 2 N–H and O–H groups in total. The van der Waals surface area contributed by atoms with Gasteiger partial charge in [0.2, 0.25) is 5.90 Å². The van der Waals surface area contributed by atoms with E-state index in [1.54, 1.807) is 25.1 Å². The minimum atomic E-state index is -0.185. The Hall–Kier alpha value is -1.66. The van der Waals surface area contributed by atoms with Gasteiger partial charge in [-0.15, -0.1) is 5.06 Å². The van der Waals surface area contributed by atoms with Crippen LogP contribution in [0.3, 0.4) is 0 Å². The molecule has 0 spiro atoms. The molecule has 0 fully saturated rings. The van der Waals surface area contributed by atoms with E-state index in [1.807, 2.05) is 6.20 Å². The summed E-state index contributed by atoms with van der Waals surface area (Å²) in [6, 6.07) is 0. The van der Waals surface area contributed by atoms with E-state index in [2.05, 4.69) is 10.3 Å². The second kappa shape index (κ2) is 6.67. The molecule has 0 aliphatic carbocycles. The molecule has 5 nitrogen and oxygen atoms in total. The lowest BCUT2D eigenvalue weighted by Crippen LogP contribution is -2.26. The first-order valence-corrected chi connectivity index (χ1v) is 6.73. The molecule has 1 atom stereocenters. The molecule has 20 heavy (non-hydrogen) atoms. The number of aliphatic hydroxyl groups is 1. The molecule has 0 aromatic heterocycles. The Kier molecular flexibility index (Phi) is 4.92. The monoisotopic (exact) mass is 281 g/mol. The molecule has 0 bridgehead atoms. The van der Waals surface area contributed by atoms with E-state index in [9.17, 15) is 4.39 Å². The smallest absolute Gasteiger partial charge is 0.214 e. The lowest BCUT2D eigenvalue weighted by Gasteiger charge is -2.16. The van der Waals surface area contributed by atoms with Crippen molar-refractivity contribution in [2.24, 2.45) is 4.99 Å². The average molecular weight is 281 g/mol. The third-order valence-corrected chi connectivity index (χ3v) is 3.16. The fraction of sp³-hybridized carbons (Fsp3) is 0.500. The van der Waals surface area contributed by atoms with Crippen molar-refractivity contribution in [1.29, 1.82) is 0 Å². The van der Waals surface area contributed by atoms with Crippen molar-refractivity contribution in [2.75, 3.05) is 13.7 Å². The van der Waals surface area contributed by atoms with Gasteiger partial charge in [0.1, 0.15) is 0 Å². The highest BCUT2D eigenvalue weighted by molar-refractivity contribution is 5.77. The van der Waals surface area contributed by atoms with E-state index in [-0.39, 0.29) is 18.6 Å². The van der Waals surface area contributed by atoms with Gasteiger partial charge in [-0.1, -0.05) is 6.92 Å². The summed E-state index contributed by atoms with van der Waals surface area (Å²) in [6.07, 6.45) is 6.41. The highest BCUT2D eigenvalue weighted by atomic mass is 19.1. The van der Waals surface area contributed by atoms with Gasteiger partial charge in [0, 0.05) is 31.8 Å². The van der Waals surface area contributed by atoms with Crippen LogP contribution in [0, 0.1) is 0 Å². The molecule has 0 amide bonds. The maximum absolute atomic E-state index is 13.1. The lowest BCUT2D eigenvalue weighted by molar-refractivity contribution is -0.0488. The van der Waals surface area contributed by atoms with Gasteiger partial charge in [0.25, 0.3) is 0 Å². The van der Waals surface area contributed by atoms with Crippen LogP contribution in [0.5, 0.6) is 0 Å². The van der Waals surface area contributed by atoms with Crippen LogP contribution < -0.4 is 5.32 Å². The van der Waals surface area contributed by atoms with Gasteiger partial charge in [0.15, 0.2) is 6.17 Å². The van der Waals surface area contributed by atoms with Crippen LogP contribution in [-0.2, 0) is 4.84 Å². The number of hydrogen-bond donors (Lipinski definition) is 2. The Balaban J connectivity index is 1.99. The number of halogens is 1. The molecule has 0 radical (unpaired) electrons. The first kappa shape index (κ1) is 14.7. The summed E-state index contributed by atoms with van der Waals surface area (Å²) in [6.45, 7) is 1.79. The normalized spacial score (nSPS) is 25.5. The molecule has 0 aromatic carbocycles. The van der Waals surface area contributed by atoms with Gasteiger partial charge >= 0.3 is 0 Å². The Morgan fingerprint density at radius 3 is 3.20 bits per heavy atom. The zero-order chi connectivity index (χ0) is 14.5. The van der Waals surface area contributed by atoms with Crippen LogP contribution in [0.4, 0.5) is 4.39 Å². The molecule has 2 aliphatic rings. The first-order valence-electron chi connectivity index (χ1n) is 6.73. The maximum atomic E-state index is 13.1. The van der Waals surface area contributed by atoms with Gasteiger partial charge in [-0.25, -0.2) is 9.38 Å². The second-order valence-electron chi connectivity index (χ2n) is 4.71. The van der Waals surface area contributed by atoms with Gasteiger partial charge < -0.3 is 15.3 Å².